The Morgan fingerprint density at radius 2 is 2.00 bits per heavy atom. The molecule has 72 valence electrons. The van der Waals surface area contributed by atoms with Crippen molar-refractivity contribution in [1.29, 1.82) is 0 Å². The molecule has 2 atom stereocenters. The largest absolute Gasteiger partial charge is 0.393 e. The van der Waals surface area contributed by atoms with Gasteiger partial charge in [0.25, 0.3) is 0 Å². The fourth-order valence-electron chi connectivity index (χ4n) is 1.06. The van der Waals surface area contributed by atoms with Gasteiger partial charge in [-0.1, -0.05) is 0 Å². The molecule has 0 heterocycles. The number of carbonyl (C=O) groups excluding carboxylic acids is 1. The van der Waals surface area contributed by atoms with Crippen LogP contribution in [0.4, 0.5) is 0 Å². The fraction of sp³-hybridized carbons (Fsp3) is 0.875. The average Bonchev–Trinajstić information content (AvgIpc) is 1.98. The Morgan fingerprint density at radius 1 is 1.50 bits per heavy atom. The summed E-state index contributed by atoms with van der Waals surface area (Å²) in [5, 5.41) is 17.7. The molecule has 0 aromatic carbocycles. The van der Waals surface area contributed by atoms with Crippen molar-refractivity contribution >= 4 is 5.78 Å². The third-order valence-corrected chi connectivity index (χ3v) is 1.72. The molecule has 0 spiro atoms. The van der Waals surface area contributed by atoms with E-state index in [1.807, 2.05) is 0 Å². The summed E-state index contributed by atoms with van der Waals surface area (Å²) in [6, 6.07) is -0.380. The molecule has 2 unspecified atom stereocenters. The first kappa shape index (κ1) is 11.6. The van der Waals surface area contributed by atoms with Crippen LogP contribution in [0.1, 0.15) is 13.3 Å². The molecule has 0 aliphatic heterocycles. The lowest BCUT2D eigenvalue weighted by Crippen LogP contribution is -2.39. The second-order valence-electron chi connectivity index (χ2n) is 3.19. The minimum absolute atomic E-state index is 0.249. The SMILES string of the molecule is CC(O)CC(C(=O)CO)N(C)C. The van der Waals surface area contributed by atoms with Crippen LogP contribution in [0.3, 0.4) is 0 Å². The van der Waals surface area contributed by atoms with Crippen LogP contribution in [-0.2, 0) is 4.79 Å². The Balaban J connectivity index is 4.13. The van der Waals surface area contributed by atoms with E-state index in [9.17, 15) is 4.79 Å². The summed E-state index contributed by atoms with van der Waals surface area (Å²) in [7, 11) is 3.50. The zero-order valence-corrected chi connectivity index (χ0v) is 7.82. The Morgan fingerprint density at radius 3 is 2.25 bits per heavy atom. The predicted molar refractivity (Wildman–Crippen MR) is 45.9 cm³/mol. The molecule has 0 aromatic rings. The maximum atomic E-state index is 11.1. The van der Waals surface area contributed by atoms with Crippen molar-refractivity contribution in [1.82, 2.24) is 4.90 Å². The number of nitrogens with zero attached hydrogens (tertiary/aromatic N) is 1. The second kappa shape index (κ2) is 5.24. The van der Waals surface area contributed by atoms with Crippen LogP contribution in [0.25, 0.3) is 0 Å². The highest BCUT2D eigenvalue weighted by atomic mass is 16.3. The number of ketones is 1. The molecule has 0 saturated heterocycles. The van der Waals surface area contributed by atoms with Gasteiger partial charge in [-0.15, -0.1) is 0 Å². The number of rotatable bonds is 5. The minimum atomic E-state index is -0.520. The maximum absolute atomic E-state index is 11.1. The van der Waals surface area contributed by atoms with Gasteiger partial charge in [0.1, 0.15) is 6.61 Å². The molecule has 0 saturated carbocycles. The summed E-state index contributed by atoms with van der Waals surface area (Å²) < 4.78 is 0. The first-order valence-electron chi connectivity index (χ1n) is 3.97. The van der Waals surface area contributed by atoms with Crippen molar-refractivity contribution in [3.63, 3.8) is 0 Å². The molecule has 12 heavy (non-hydrogen) atoms. The van der Waals surface area contributed by atoms with E-state index in [2.05, 4.69) is 0 Å². The molecule has 0 rings (SSSR count). The molecular weight excluding hydrogens is 158 g/mol. The van der Waals surface area contributed by atoms with Crippen LogP contribution in [0.2, 0.25) is 0 Å². The van der Waals surface area contributed by atoms with E-state index in [1.54, 1.807) is 25.9 Å². The summed E-state index contributed by atoms with van der Waals surface area (Å²) in [6.07, 6.45) is -0.153. The number of hydrogen-bond donors (Lipinski definition) is 2. The van der Waals surface area contributed by atoms with E-state index >= 15 is 0 Å². The average molecular weight is 175 g/mol. The molecule has 0 aliphatic rings. The number of likely N-dealkylation sites (N-methyl/N-ethyl adjacent to an activating group) is 1. The lowest BCUT2D eigenvalue weighted by molar-refractivity contribution is -0.127. The van der Waals surface area contributed by atoms with Crippen LogP contribution in [0.5, 0.6) is 0 Å². The maximum Gasteiger partial charge on any atom is 0.175 e. The number of aliphatic hydroxyl groups is 2. The third-order valence-electron chi connectivity index (χ3n) is 1.72. The molecule has 2 N–H and O–H groups in total. The van der Waals surface area contributed by atoms with E-state index in [0.29, 0.717) is 6.42 Å². The highest BCUT2D eigenvalue weighted by Gasteiger charge is 2.21. The van der Waals surface area contributed by atoms with Crippen molar-refractivity contribution in [3.8, 4) is 0 Å². The van der Waals surface area contributed by atoms with Crippen molar-refractivity contribution in [3.05, 3.63) is 0 Å². The predicted octanol–water partition coefficient (Wildman–Crippen LogP) is -0.751. The second-order valence-corrected chi connectivity index (χ2v) is 3.19. The van der Waals surface area contributed by atoms with E-state index in [4.69, 9.17) is 10.2 Å². The van der Waals surface area contributed by atoms with Crippen LogP contribution in [0, 0.1) is 0 Å². The number of carbonyl (C=O) groups is 1. The van der Waals surface area contributed by atoms with E-state index in [0.717, 1.165) is 0 Å². The van der Waals surface area contributed by atoms with Gasteiger partial charge in [-0.3, -0.25) is 9.69 Å². The molecule has 4 nitrogen and oxygen atoms in total. The Hall–Kier alpha value is -0.450. The van der Waals surface area contributed by atoms with Gasteiger partial charge in [-0.2, -0.15) is 0 Å². The Labute approximate surface area is 72.8 Å². The Kier molecular flexibility index (Phi) is 5.04. The smallest absolute Gasteiger partial charge is 0.175 e. The van der Waals surface area contributed by atoms with Crippen molar-refractivity contribution < 1.29 is 15.0 Å². The monoisotopic (exact) mass is 175 g/mol. The van der Waals surface area contributed by atoms with Crippen molar-refractivity contribution in [2.45, 2.75) is 25.5 Å². The van der Waals surface area contributed by atoms with Crippen LogP contribution in [0.15, 0.2) is 0 Å². The topological polar surface area (TPSA) is 60.8 Å². The fourth-order valence-corrected chi connectivity index (χ4v) is 1.06. The molecule has 0 amide bonds. The van der Waals surface area contributed by atoms with Gasteiger partial charge in [-0.05, 0) is 27.4 Å². The highest BCUT2D eigenvalue weighted by molar-refractivity contribution is 5.84. The molecule has 0 radical (unpaired) electrons. The normalized spacial score (nSPS) is 16.2. The lowest BCUT2D eigenvalue weighted by atomic mass is 10.1. The van der Waals surface area contributed by atoms with E-state index in [1.165, 1.54) is 0 Å². The van der Waals surface area contributed by atoms with E-state index < -0.39 is 12.7 Å². The molecule has 0 bridgehead atoms. The summed E-state index contributed by atoms with van der Waals surface area (Å²) in [6.45, 7) is 1.16. The quantitative estimate of drug-likeness (QED) is 0.577. The van der Waals surface area contributed by atoms with Gasteiger partial charge >= 0.3 is 0 Å². The van der Waals surface area contributed by atoms with Gasteiger partial charge in [0.05, 0.1) is 12.1 Å². The highest BCUT2D eigenvalue weighted by Crippen LogP contribution is 2.04. The summed E-state index contributed by atoms with van der Waals surface area (Å²) in [4.78, 5) is 12.8. The van der Waals surface area contributed by atoms with Gasteiger partial charge in [-0.25, -0.2) is 0 Å². The third kappa shape index (κ3) is 3.80. The van der Waals surface area contributed by atoms with Gasteiger partial charge in [0.2, 0.25) is 0 Å². The van der Waals surface area contributed by atoms with Crippen molar-refractivity contribution in [2.75, 3.05) is 20.7 Å². The van der Waals surface area contributed by atoms with Gasteiger partial charge < -0.3 is 10.2 Å². The van der Waals surface area contributed by atoms with Crippen LogP contribution >= 0.6 is 0 Å². The molecule has 4 heteroatoms. The number of aliphatic hydroxyl groups excluding tert-OH is 2. The lowest BCUT2D eigenvalue weighted by Gasteiger charge is -2.23. The molecule has 0 aliphatic carbocycles. The zero-order valence-electron chi connectivity index (χ0n) is 7.82. The summed E-state index contributed by atoms with van der Waals surface area (Å²) in [5.74, 6) is -0.249. The van der Waals surface area contributed by atoms with Crippen LogP contribution in [-0.4, -0.2) is 53.7 Å². The van der Waals surface area contributed by atoms with Crippen molar-refractivity contribution in [2.24, 2.45) is 0 Å². The molecule has 0 aromatic heterocycles. The van der Waals surface area contributed by atoms with Gasteiger partial charge in [0.15, 0.2) is 5.78 Å². The standard InChI is InChI=1S/C8H17NO3/c1-6(11)4-7(9(2)3)8(12)5-10/h6-7,10-11H,4-5H2,1-3H3. The minimum Gasteiger partial charge on any atom is -0.393 e. The first-order chi connectivity index (χ1) is 5.49. The number of Topliss-reactive ketones (excluding diaryl/α,β-unsaturated/α-hetero) is 1. The van der Waals surface area contributed by atoms with Gasteiger partial charge in [0, 0.05) is 0 Å². The number of hydrogen-bond acceptors (Lipinski definition) is 4. The van der Waals surface area contributed by atoms with E-state index in [-0.39, 0.29) is 11.8 Å². The Bertz CT molecular complexity index is 145. The molecule has 0 fully saturated rings. The molecular formula is C8H17NO3. The zero-order chi connectivity index (χ0) is 9.72. The summed E-state index contributed by atoms with van der Waals surface area (Å²) in [5.41, 5.74) is 0. The van der Waals surface area contributed by atoms with Crippen LogP contribution < -0.4 is 0 Å². The first-order valence-corrected chi connectivity index (χ1v) is 3.97. The summed E-state index contributed by atoms with van der Waals surface area (Å²) >= 11 is 0.